The highest BCUT2D eigenvalue weighted by Crippen LogP contribution is 2.51. The van der Waals surface area contributed by atoms with Gasteiger partial charge < -0.3 is 4.74 Å². The Kier molecular flexibility index (Phi) is 6.26. The molecule has 0 unspecified atom stereocenters. The third-order valence-corrected chi connectivity index (χ3v) is 3.58. The Balaban J connectivity index is 3.41. The van der Waals surface area contributed by atoms with Crippen molar-refractivity contribution in [2.24, 2.45) is 0 Å². The van der Waals surface area contributed by atoms with E-state index in [1.54, 1.807) is 0 Å². The molecule has 0 aliphatic carbocycles. The van der Waals surface area contributed by atoms with Crippen LogP contribution in [-0.2, 0) is 9.53 Å². The molecule has 0 radical (unpaired) electrons. The Morgan fingerprint density at radius 3 is 1.69 bits per heavy atom. The fourth-order valence-corrected chi connectivity index (χ4v) is 1.89. The third kappa shape index (κ3) is 4.56. The molecule has 0 heterocycles. The zero-order chi connectivity index (χ0) is 23.2. The Morgan fingerprint density at radius 1 is 0.793 bits per heavy atom. The Labute approximate surface area is 155 Å². The summed E-state index contributed by atoms with van der Waals surface area (Å²) in [7, 11) is 0. The topological polar surface area (TPSA) is 35.5 Å². The van der Waals surface area contributed by atoms with E-state index >= 15 is 0 Å². The second-order valence-corrected chi connectivity index (χ2v) is 5.88. The summed E-state index contributed by atoms with van der Waals surface area (Å²) in [5, 5.41) is 0. The monoisotopic (exact) mass is 448 g/mol. The van der Waals surface area contributed by atoms with Gasteiger partial charge in [-0.2, -0.15) is 48.3 Å². The zero-order valence-corrected chi connectivity index (χ0v) is 14.5. The Morgan fingerprint density at radius 2 is 1.28 bits per heavy atom. The predicted molar refractivity (Wildman–Crippen MR) is 73.2 cm³/mol. The van der Waals surface area contributed by atoms with E-state index in [9.17, 15) is 53.1 Å². The normalized spacial score (nSPS) is 15.8. The number of rotatable bonds is 5. The fraction of sp³-hybridized carbons (Fsp3) is 0.533. The van der Waals surface area contributed by atoms with Crippen LogP contribution < -0.4 is 4.74 Å². The van der Waals surface area contributed by atoms with Crippen molar-refractivity contribution in [1.82, 2.24) is 0 Å². The Bertz CT molecular complexity index is 783. The van der Waals surface area contributed by atoms with E-state index in [1.165, 1.54) is 19.9 Å². The van der Waals surface area contributed by atoms with E-state index in [-0.39, 0.29) is 11.1 Å². The maximum absolute atomic E-state index is 14.1. The molecule has 0 aliphatic rings. The van der Waals surface area contributed by atoms with Crippen LogP contribution in [0.3, 0.4) is 0 Å². The molecule has 1 aromatic carbocycles. The van der Waals surface area contributed by atoms with Crippen molar-refractivity contribution < 1.29 is 62.6 Å². The highest BCUT2D eigenvalue weighted by Gasteiger charge is 2.80. The smallest absolute Gasteiger partial charge is 0.422 e. The molecule has 3 nitrogen and oxygen atoms in total. The lowest BCUT2D eigenvalue weighted by molar-refractivity contribution is -0.474. The summed E-state index contributed by atoms with van der Waals surface area (Å²) in [6.07, 6.45) is -21.1. The minimum absolute atomic E-state index is 0.0687. The van der Waals surface area contributed by atoms with Gasteiger partial charge in [-0.15, -0.1) is 0 Å². The van der Waals surface area contributed by atoms with Crippen molar-refractivity contribution in [1.29, 1.82) is 0 Å². The second kappa shape index (κ2) is 7.29. The quantitative estimate of drug-likeness (QED) is 0.337. The van der Waals surface area contributed by atoms with Crippen molar-refractivity contribution in [2.75, 3.05) is 0 Å². The van der Waals surface area contributed by atoms with Crippen LogP contribution in [0, 0.1) is 20.8 Å². The van der Waals surface area contributed by atoms with E-state index in [0.29, 0.717) is 5.56 Å². The van der Waals surface area contributed by atoms with Crippen LogP contribution in [0.1, 0.15) is 16.7 Å². The summed E-state index contributed by atoms with van der Waals surface area (Å²) in [6, 6.07) is 2.31. The molecule has 1 rings (SSSR count). The van der Waals surface area contributed by atoms with Gasteiger partial charge in [0.25, 0.3) is 0 Å². The van der Waals surface area contributed by atoms with Gasteiger partial charge in [-0.3, -0.25) is 4.74 Å². The first-order valence-electron chi connectivity index (χ1n) is 7.25. The van der Waals surface area contributed by atoms with Gasteiger partial charge in [-0.25, -0.2) is 4.79 Å². The molecule has 0 saturated heterocycles. The van der Waals surface area contributed by atoms with Gasteiger partial charge in [0.1, 0.15) is 5.75 Å². The number of esters is 1. The highest BCUT2D eigenvalue weighted by molar-refractivity contribution is 5.81. The van der Waals surface area contributed by atoms with Crippen LogP contribution in [0.2, 0.25) is 0 Å². The summed E-state index contributed by atoms with van der Waals surface area (Å²) in [5.74, 6) is -17.7. The number of halogens is 11. The first-order valence-corrected chi connectivity index (χ1v) is 7.25. The number of benzene rings is 1. The van der Waals surface area contributed by atoms with Crippen LogP contribution in [0.4, 0.5) is 48.3 Å². The van der Waals surface area contributed by atoms with Crippen molar-refractivity contribution in [3.63, 3.8) is 0 Å². The molecule has 0 saturated carbocycles. The maximum Gasteiger partial charge on any atom is 0.462 e. The molecule has 1 atom stereocenters. The molecule has 1 aromatic rings. The zero-order valence-electron chi connectivity index (χ0n) is 14.5. The lowest BCUT2D eigenvalue weighted by Crippen LogP contribution is -2.62. The second-order valence-electron chi connectivity index (χ2n) is 5.88. The van der Waals surface area contributed by atoms with E-state index in [1.807, 2.05) is 0 Å². The van der Waals surface area contributed by atoms with E-state index in [2.05, 4.69) is 9.47 Å². The molecule has 0 amide bonds. The lowest BCUT2D eigenvalue weighted by Gasteiger charge is -2.33. The largest absolute Gasteiger partial charge is 0.462 e. The molecule has 0 spiro atoms. The highest BCUT2D eigenvalue weighted by atomic mass is 19.4. The number of aryl methyl sites for hydroxylation is 2. The number of hydrogen-bond acceptors (Lipinski definition) is 3. The average Bonchev–Trinajstić information content (AvgIpc) is 2.49. The number of hydrogen-bond donors (Lipinski definition) is 0. The van der Waals surface area contributed by atoms with E-state index < -0.39 is 42.0 Å². The van der Waals surface area contributed by atoms with E-state index in [4.69, 9.17) is 0 Å². The van der Waals surface area contributed by atoms with Crippen LogP contribution >= 0.6 is 0 Å². The SMILES string of the molecule is Cc1cc(C)c(C)c(OC(=O)[C@@](F)(OC(F)(F)C(F)(F)C(F)(F)F)C(F)(F)F)c1. The minimum Gasteiger partial charge on any atom is -0.422 e. The van der Waals surface area contributed by atoms with E-state index in [0.717, 1.165) is 13.0 Å². The number of ether oxygens (including phenoxy) is 2. The summed E-state index contributed by atoms with van der Waals surface area (Å²) in [5.41, 5.74) is 0.474. The maximum atomic E-state index is 14.1. The number of carbonyl (C=O) groups excluding carboxylic acids is 1. The molecule has 0 aromatic heterocycles. The van der Waals surface area contributed by atoms with Gasteiger partial charge in [-0.1, -0.05) is 6.07 Å². The lowest BCUT2D eigenvalue weighted by atomic mass is 10.1. The van der Waals surface area contributed by atoms with Gasteiger partial charge >= 0.3 is 36.2 Å². The summed E-state index contributed by atoms with van der Waals surface area (Å²) >= 11 is 0. The van der Waals surface area contributed by atoms with Gasteiger partial charge in [0, 0.05) is 0 Å². The summed E-state index contributed by atoms with van der Waals surface area (Å²) in [6.45, 7) is 3.89. The first-order chi connectivity index (χ1) is 12.7. The molecule has 0 N–H and O–H groups in total. The van der Waals surface area contributed by atoms with Crippen molar-refractivity contribution in [3.8, 4) is 5.75 Å². The first kappa shape index (κ1) is 24.9. The van der Waals surface area contributed by atoms with Crippen molar-refractivity contribution in [3.05, 3.63) is 28.8 Å². The Hall–Kier alpha value is -2.12. The van der Waals surface area contributed by atoms with Crippen molar-refractivity contribution >= 4 is 5.97 Å². The standard InChI is InChI=1S/C15H11F11O3/c1-6-4-7(2)8(3)9(5-6)28-10(27)11(16,13(19,20)21)29-15(25,26)12(17,18)14(22,23)24/h4-5H,1-3H3/t11-/m1/s1. The third-order valence-electron chi connectivity index (χ3n) is 3.58. The molecule has 0 fully saturated rings. The molecule has 0 bridgehead atoms. The fourth-order valence-electron chi connectivity index (χ4n) is 1.89. The number of carbonyl (C=O) groups is 1. The molecule has 14 heteroatoms. The molecule has 29 heavy (non-hydrogen) atoms. The minimum atomic E-state index is -7.27. The van der Waals surface area contributed by atoms with Crippen LogP contribution in [0.15, 0.2) is 12.1 Å². The van der Waals surface area contributed by atoms with Gasteiger partial charge in [0.05, 0.1) is 0 Å². The van der Waals surface area contributed by atoms with Gasteiger partial charge in [0.2, 0.25) is 0 Å². The molecule has 0 aliphatic heterocycles. The predicted octanol–water partition coefficient (Wildman–Crippen LogP) is 5.55. The molecular weight excluding hydrogens is 437 g/mol. The molecular formula is C15H11F11O3. The summed E-state index contributed by atoms with van der Waals surface area (Å²) in [4.78, 5) is 11.6. The average molecular weight is 448 g/mol. The van der Waals surface area contributed by atoms with Crippen LogP contribution in [0.5, 0.6) is 5.75 Å². The van der Waals surface area contributed by atoms with Crippen LogP contribution in [-0.4, -0.2) is 36.2 Å². The number of alkyl halides is 11. The van der Waals surface area contributed by atoms with Crippen molar-refractivity contribution in [2.45, 2.75) is 51.0 Å². The molecule has 166 valence electrons. The summed E-state index contributed by atoms with van der Waals surface area (Å²) < 4.78 is 147. The van der Waals surface area contributed by atoms with Gasteiger partial charge in [-0.05, 0) is 43.5 Å². The van der Waals surface area contributed by atoms with Crippen LogP contribution in [0.25, 0.3) is 0 Å². The van der Waals surface area contributed by atoms with Gasteiger partial charge in [0.15, 0.2) is 0 Å².